The molecule has 1 amide bonds. The number of aromatic nitrogens is 2. The molecule has 4 aromatic rings. The lowest BCUT2D eigenvalue weighted by Gasteiger charge is -2.37. The molecule has 0 radical (unpaired) electrons. The van der Waals surface area contributed by atoms with Gasteiger partial charge < -0.3 is 9.88 Å². The summed E-state index contributed by atoms with van der Waals surface area (Å²) in [7, 11) is 0. The Kier molecular flexibility index (Phi) is 7.42. The van der Waals surface area contributed by atoms with Crippen molar-refractivity contribution in [2.24, 2.45) is 0 Å². The number of halogens is 3. The minimum absolute atomic E-state index is 0.209. The maximum atomic E-state index is 11.7. The number of hydrogen-bond acceptors (Lipinski definition) is 2. The Bertz CT molecular complexity index is 1150. The third kappa shape index (κ3) is 5.05. The van der Waals surface area contributed by atoms with E-state index in [9.17, 15) is 4.79 Å². The predicted molar refractivity (Wildman–Crippen MR) is 139 cm³/mol. The van der Waals surface area contributed by atoms with E-state index in [0.717, 1.165) is 22.4 Å². The van der Waals surface area contributed by atoms with Gasteiger partial charge in [-0.2, -0.15) is 0 Å². The summed E-state index contributed by atoms with van der Waals surface area (Å²) >= 11 is 16.8. The van der Waals surface area contributed by atoms with Gasteiger partial charge in [0.15, 0.2) is 0 Å². The number of rotatable bonds is 7. The number of carbonyl (C=O) groups is 1. The Balaban J connectivity index is 1.77. The van der Waals surface area contributed by atoms with Gasteiger partial charge in [-0.1, -0.05) is 132 Å². The van der Waals surface area contributed by atoms with E-state index in [1.165, 1.54) is 0 Å². The highest BCUT2D eigenvalue weighted by Crippen LogP contribution is 2.40. The van der Waals surface area contributed by atoms with E-state index in [2.05, 4.69) is 51.3 Å². The fourth-order valence-corrected chi connectivity index (χ4v) is 4.22. The Morgan fingerprint density at radius 3 is 1.74 bits per heavy atom. The molecule has 0 spiro atoms. The van der Waals surface area contributed by atoms with Gasteiger partial charge in [-0.05, 0) is 22.8 Å². The fourth-order valence-electron chi connectivity index (χ4n) is 4.02. The maximum absolute atomic E-state index is 11.7. The minimum Gasteiger partial charge on any atom is -0.349 e. The molecule has 4 nitrogen and oxygen atoms in total. The summed E-state index contributed by atoms with van der Waals surface area (Å²) in [4.78, 5) is 16.3. The van der Waals surface area contributed by atoms with Crippen LogP contribution in [-0.4, -0.2) is 25.8 Å². The van der Waals surface area contributed by atoms with E-state index >= 15 is 0 Å². The van der Waals surface area contributed by atoms with E-state index in [-0.39, 0.29) is 6.54 Å². The minimum atomic E-state index is -1.99. The van der Waals surface area contributed by atoms with Crippen LogP contribution in [0.15, 0.2) is 110 Å². The second-order valence-corrected chi connectivity index (χ2v) is 9.91. The van der Waals surface area contributed by atoms with Gasteiger partial charge in [0.2, 0.25) is 0 Å². The van der Waals surface area contributed by atoms with Crippen molar-refractivity contribution in [2.45, 2.75) is 9.33 Å². The van der Waals surface area contributed by atoms with Crippen molar-refractivity contribution in [3.8, 4) is 0 Å². The van der Waals surface area contributed by atoms with Gasteiger partial charge in [0.05, 0.1) is 12.0 Å². The van der Waals surface area contributed by atoms with Gasteiger partial charge in [0, 0.05) is 12.7 Å². The number of benzene rings is 3. The van der Waals surface area contributed by atoms with Gasteiger partial charge in [-0.3, -0.25) is 4.79 Å². The molecule has 172 valence electrons. The lowest BCUT2D eigenvalue weighted by atomic mass is 9.77. The molecule has 0 saturated heterocycles. The molecule has 0 aliphatic carbocycles. The van der Waals surface area contributed by atoms with Crippen molar-refractivity contribution in [1.82, 2.24) is 14.9 Å². The van der Waals surface area contributed by atoms with Crippen LogP contribution in [0.1, 0.15) is 22.4 Å². The molecule has 0 bridgehead atoms. The smallest absolute Gasteiger partial charge is 0.272 e. The predicted octanol–water partition coefficient (Wildman–Crippen LogP) is 6.22. The van der Waals surface area contributed by atoms with Crippen LogP contribution in [0.5, 0.6) is 0 Å². The molecule has 34 heavy (non-hydrogen) atoms. The number of amides is 1. The zero-order valence-corrected chi connectivity index (χ0v) is 20.4. The maximum Gasteiger partial charge on any atom is 0.272 e. The van der Waals surface area contributed by atoms with Gasteiger partial charge in [-0.15, -0.1) is 0 Å². The van der Waals surface area contributed by atoms with Crippen molar-refractivity contribution in [3.05, 3.63) is 132 Å². The highest BCUT2D eigenvalue weighted by Gasteiger charge is 2.38. The summed E-state index contributed by atoms with van der Waals surface area (Å²) < 4.78 is 0.128. The Morgan fingerprint density at radius 1 is 0.824 bits per heavy atom. The van der Waals surface area contributed by atoms with Gasteiger partial charge in [0.1, 0.15) is 5.54 Å². The number of hydrogen-bond donors (Lipinski definition) is 1. The van der Waals surface area contributed by atoms with Crippen LogP contribution >= 0.6 is 34.8 Å². The molecule has 1 heterocycles. The first kappa shape index (κ1) is 24.1. The standard InChI is InChI=1S/C27H22Cl3N3O/c28-27(29,30)25(34)31-18-10-17-24-19-33(20-32-24)26(21-11-4-1-5-12-21,22-13-6-2-7-14-22)23-15-8-3-9-16-23/h1-17,19-20H,18H2,(H,31,34)/b17-10+. The monoisotopic (exact) mass is 509 g/mol. The van der Waals surface area contributed by atoms with E-state index in [4.69, 9.17) is 34.8 Å². The second-order valence-electron chi connectivity index (χ2n) is 7.62. The van der Waals surface area contributed by atoms with E-state index in [0.29, 0.717) is 0 Å². The van der Waals surface area contributed by atoms with Crippen molar-refractivity contribution in [2.75, 3.05) is 6.54 Å². The second kappa shape index (κ2) is 10.5. The lowest BCUT2D eigenvalue weighted by molar-refractivity contribution is -0.120. The SMILES string of the molecule is O=C(NC/C=C/c1cn(C(c2ccccc2)(c2ccccc2)c2ccccc2)cn1)C(Cl)(Cl)Cl. The first-order valence-electron chi connectivity index (χ1n) is 10.6. The average Bonchev–Trinajstić information content (AvgIpc) is 3.33. The molecule has 0 unspecified atom stereocenters. The molecule has 7 heteroatoms. The van der Waals surface area contributed by atoms with Gasteiger partial charge in [-0.25, -0.2) is 4.98 Å². The Morgan fingerprint density at radius 2 is 1.29 bits per heavy atom. The number of carbonyl (C=O) groups excluding carboxylic acids is 1. The van der Waals surface area contributed by atoms with E-state index in [1.54, 1.807) is 6.08 Å². The molecule has 1 aromatic heterocycles. The summed E-state index contributed by atoms with van der Waals surface area (Å²) in [6, 6.07) is 31.1. The summed E-state index contributed by atoms with van der Waals surface area (Å²) in [6.45, 7) is 0.209. The number of nitrogens with zero attached hydrogens (tertiary/aromatic N) is 2. The largest absolute Gasteiger partial charge is 0.349 e. The average molecular weight is 511 g/mol. The molecule has 0 aliphatic heterocycles. The summed E-state index contributed by atoms with van der Waals surface area (Å²) in [6.07, 6.45) is 7.39. The molecule has 0 atom stereocenters. The Labute approximate surface area is 213 Å². The van der Waals surface area contributed by atoms with Crippen LogP contribution in [0.4, 0.5) is 0 Å². The summed E-state index contributed by atoms with van der Waals surface area (Å²) in [5.74, 6) is -0.677. The van der Waals surface area contributed by atoms with Gasteiger partial charge >= 0.3 is 0 Å². The van der Waals surface area contributed by atoms with E-state index < -0.39 is 15.2 Å². The van der Waals surface area contributed by atoms with Crippen molar-refractivity contribution < 1.29 is 4.79 Å². The van der Waals surface area contributed by atoms with Gasteiger partial charge in [0.25, 0.3) is 9.70 Å². The highest BCUT2D eigenvalue weighted by atomic mass is 35.6. The highest BCUT2D eigenvalue weighted by molar-refractivity contribution is 6.76. The topological polar surface area (TPSA) is 46.9 Å². The van der Waals surface area contributed by atoms with Crippen LogP contribution < -0.4 is 5.32 Å². The molecule has 4 rings (SSSR count). The van der Waals surface area contributed by atoms with Crippen LogP contribution in [0.3, 0.4) is 0 Å². The molecule has 0 aliphatic rings. The van der Waals surface area contributed by atoms with Crippen LogP contribution in [0, 0.1) is 0 Å². The number of alkyl halides is 3. The molecule has 1 N–H and O–H groups in total. The first-order chi connectivity index (χ1) is 16.4. The summed E-state index contributed by atoms with van der Waals surface area (Å²) in [5.41, 5.74) is 3.42. The fraction of sp³-hybridized carbons (Fsp3) is 0.111. The lowest BCUT2D eigenvalue weighted by Crippen LogP contribution is -2.36. The molecular formula is C27H22Cl3N3O. The van der Waals surface area contributed by atoms with Crippen LogP contribution in [-0.2, 0) is 10.3 Å². The number of nitrogens with one attached hydrogen (secondary N) is 1. The normalized spacial score (nSPS) is 12.1. The third-order valence-electron chi connectivity index (χ3n) is 5.49. The zero-order chi connectivity index (χ0) is 24.0. The van der Waals surface area contributed by atoms with E-state index in [1.807, 2.05) is 73.2 Å². The summed E-state index contributed by atoms with van der Waals surface area (Å²) in [5, 5.41) is 2.55. The molecule has 3 aromatic carbocycles. The van der Waals surface area contributed by atoms with Crippen LogP contribution in [0.2, 0.25) is 0 Å². The molecule has 0 fully saturated rings. The van der Waals surface area contributed by atoms with Crippen molar-refractivity contribution >= 4 is 46.8 Å². The molecule has 0 saturated carbocycles. The quantitative estimate of drug-likeness (QED) is 0.237. The van der Waals surface area contributed by atoms with Crippen LogP contribution in [0.25, 0.3) is 6.08 Å². The first-order valence-corrected chi connectivity index (χ1v) is 11.8. The van der Waals surface area contributed by atoms with Crippen molar-refractivity contribution in [1.29, 1.82) is 0 Å². The third-order valence-corrected chi connectivity index (χ3v) is 6.01. The van der Waals surface area contributed by atoms with Crippen molar-refractivity contribution in [3.63, 3.8) is 0 Å². The zero-order valence-electron chi connectivity index (χ0n) is 18.1. The Hall–Kier alpha value is -3.05. The number of imidazole rings is 1. The molecular weight excluding hydrogens is 489 g/mol.